The van der Waals surface area contributed by atoms with Gasteiger partial charge in [-0.25, -0.2) is 4.98 Å². The second kappa shape index (κ2) is 9.88. The molecule has 1 fully saturated rings. The minimum Gasteiger partial charge on any atom is -0.497 e. The summed E-state index contributed by atoms with van der Waals surface area (Å²) in [5, 5.41) is 13.2. The highest BCUT2D eigenvalue weighted by atomic mass is 32.2. The summed E-state index contributed by atoms with van der Waals surface area (Å²) in [5.74, 6) is 1.73. The van der Waals surface area contributed by atoms with Gasteiger partial charge in [-0.15, -0.1) is 10.2 Å². The van der Waals surface area contributed by atoms with E-state index in [1.54, 1.807) is 19.5 Å². The standard InChI is InChI=1S/C23H24N6O2S2/c1-31-17-7-8-18-19(13-17)33-22(25-18)26-20(30)14-32-23-28-27-21(15-9-11-24-12-10-15)29(23)16-5-3-2-4-6-16/h7-13,16H,2-6,14H2,1H3,(H,25,26,30). The van der Waals surface area contributed by atoms with Gasteiger partial charge in [0.15, 0.2) is 16.1 Å². The molecule has 0 aliphatic heterocycles. The van der Waals surface area contributed by atoms with Crippen LogP contribution in [0.25, 0.3) is 21.6 Å². The van der Waals surface area contributed by atoms with E-state index in [4.69, 9.17) is 4.74 Å². The topological polar surface area (TPSA) is 94.8 Å². The smallest absolute Gasteiger partial charge is 0.236 e. The summed E-state index contributed by atoms with van der Waals surface area (Å²) in [7, 11) is 1.63. The Labute approximate surface area is 199 Å². The first-order chi connectivity index (χ1) is 16.2. The van der Waals surface area contributed by atoms with Gasteiger partial charge in [0.2, 0.25) is 5.91 Å². The molecule has 4 aromatic rings. The Morgan fingerprint density at radius 3 is 2.79 bits per heavy atom. The van der Waals surface area contributed by atoms with Crippen molar-refractivity contribution in [2.24, 2.45) is 0 Å². The Morgan fingerprint density at radius 2 is 2.00 bits per heavy atom. The molecule has 0 radical (unpaired) electrons. The van der Waals surface area contributed by atoms with Gasteiger partial charge in [-0.1, -0.05) is 42.4 Å². The third kappa shape index (κ3) is 4.86. The monoisotopic (exact) mass is 480 g/mol. The van der Waals surface area contributed by atoms with Crippen molar-refractivity contribution >= 4 is 44.4 Å². The van der Waals surface area contributed by atoms with Crippen molar-refractivity contribution in [1.82, 2.24) is 24.7 Å². The summed E-state index contributed by atoms with van der Waals surface area (Å²) in [5.41, 5.74) is 1.83. The van der Waals surface area contributed by atoms with Crippen LogP contribution in [-0.2, 0) is 4.79 Å². The van der Waals surface area contributed by atoms with E-state index in [9.17, 15) is 4.79 Å². The number of anilines is 1. The maximum atomic E-state index is 12.7. The van der Waals surface area contributed by atoms with Crippen molar-refractivity contribution < 1.29 is 9.53 Å². The number of thioether (sulfide) groups is 1. The van der Waals surface area contributed by atoms with Gasteiger partial charge in [0.1, 0.15) is 5.75 Å². The number of methoxy groups -OCH3 is 1. The first-order valence-corrected chi connectivity index (χ1v) is 12.7. The third-order valence-corrected chi connectivity index (χ3v) is 7.59. The molecule has 1 saturated carbocycles. The molecule has 10 heteroatoms. The van der Waals surface area contributed by atoms with Crippen LogP contribution < -0.4 is 10.1 Å². The number of pyridine rings is 1. The third-order valence-electron chi connectivity index (χ3n) is 5.72. The van der Waals surface area contributed by atoms with Gasteiger partial charge in [-0.05, 0) is 43.2 Å². The van der Waals surface area contributed by atoms with E-state index < -0.39 is 0 Å². The van der Waals surface area contributed by atoms with Crippen LogP contribution in [0.4, 0.5) is 5.13 Å². The molecule has 0 bridgehead atoms. The maximum absolute atomic E-state index is 12.7. The van der Waals surface area contributed by atoms with Crippen LogP contribution in [0.2, 0.25) is 0 Å². The SMILES string of the molecule is COc1ccc2nc(NC(=O)CSc3nnc(-c4ccncc4)n3C3CCCCC3)sc2c1. The summed E-state index contributed by atoms with van der Waals surface area (Å²) in [6.07, 6.45) is 9.40. The van der Waals surface area contributed by atoms with Crippen LogP contribution in [0.3, 0.4) is 0 Å². The first-order valence-electron chi connectivity index (χ1n) is 10.9. The fraction of sp³-hybridized carbons (Fsp3) is 0.348. The quantitative estimate of drug-likeness (QED) is 0.364. The number of ether oxygens (including phenoxy) is 1. The van der Waals surface area contributed by atoms with Crippen LogP contribution in [0, 0.1) is 0 Å². The van der Waals surface area contributed by atoms with Crippen LogP contribution in [0.1, 0.15) is 38.1 Å². The first kappa shape index (κ1) is 21.8. The number of amides is 1. The highest BCUT2D eigenvalue weighted by molar-refractivity contribution is 7.99. The predicted octanol–water partition coefficient (Wildman–Crippen LogP) is 5.19. The zero-order chi connectivity index (χ0) is 22.6. The molecule has 0 atom stereocenters. The van der Waals surface area contributed by atoms with Gasteiger partial charge >= 0.3 is 0 Å². The number of carbonyl (C=O) groups excluding carboxylic acids is 1. The molecule has 5 rings (SSSR count). The second-order valence-corrected chi connectivity index (χ2v) is 9.87. The zero-order valence-electron chi connectivity index (χ0n) is 18.2. The summed E-state index contributed by atoms with van der Waals surface area (Å²) < 4.78 is 8.45. The van der Waals surface area contributed by atoms with Crippen molar-refractivity contribution in [3.05, 3.63) is 42.7 Å². The molecule has 0 saturated heterocycles. The van der Waals surface area contributed by atoms with Crippen LogP contribution >= 0.6 is 23.1 Å². The molecule has 3 aromatic heterocycles. The summed E-state index contributed by atoms with van der Waals surface area (Å²) in [6.45, 7) is 0. The number of hydrogen-bond donors (Lipinski definition) is 1. The summed E-state index contributed by atoms with van der Waals surface area (Å²) in [4.78, 5) is 21.3. The minimum atomic E-state index is -0.116. The fourth-order valence-electron chi connectivity index (χ4n) is 4.11. The van der Waals surface area contributed by atoms with E-state index in [1.807, 2.05) is 30.3 Å². The lowest BCUT2D eigenvalue weighted by molar-refractivity contribution is -0.113. The van der Waals surface area contributed by atoms with Crippen LogP contribution in [-0.4, -0.2) is 43.5 Å². The summed E-state index contributed by atoms with van der Waals surface area (Å²) >= 11 is 2.85. The van der Waals surface area contributed by atoms with Crippen LogP contribution in [0.15, 0.2) is 47.9 Å². The van der Waals surface area contributed by atoms with E-state index in [-0.39, 0.29) is 11.7 Å². The Balaban J connectivity index is 1.31. The van der Waals surface area contributed by atoms with Crippen molar-refractivity contribution in [2.45, 2.75) is 43.3 Å². The van der Waals surface area contributed by atoms with E-state index in [0.717, 1.165) is 45.4 Å². The Hall–Kier alpha value is -2.98. The average molecular weight is 481 g/mol. The molecule has 1 aromatic carbocycles. The second-order valence-electron chi connectivity index (χ2n) is 7.89. The lowest BCUT2D eigenvalue weighted by Gasteiger charge is -2.25. The highest BCUT2D eigenvalue weighted by Crippen LogP contribution is 2.35. The van der Waals surface area contributed by atoms with E-state index in [1.165, 1.54) is 42.4 Å². The molecular formula is C23H24N6O2S2. The predicted molar refractivity (Wildman–Crippen MR) is 131 cm³/mol. The lowest BCUT2D eigenvalue weighted by atomic mass is 9.95. The zero-order valence-corrected chi connectivity index (χ0v) is 19.9. The van der Waals surface area contributed by atoms with Gasteiger partial charge in [0.25, 0.3) is 0 Å². The number of nitrogens with one attached hydrogen (secondary N) is 1. The normalized spacial score (nSPS) is 14.5. The number of benzene rings is 1. The molecule has 0 unspecified atom stereocenters. The Morgan fingerprint density at radius 1 is 1.18 bits per heavy atom. The largest absolute Gasteiger partial charge is 0.497 e. The van der Waals surface area contributed by atoms with Gasteiger partial charge < -0.3 is 10.1 Å². The van der Waals surface area contributed by atoms with Crippen molar-refractivity contribution in [3.8, 4) is 17.1 Å². The fourth-order valence-corrected chi connectivity index (χ4v) is 5.83. The van der Waals surface area contributed by atoms with Gasteiger partial charge in [-0.2, -0.15) is 0 Å². The molecule has 1 aliphatic carbocycles. The number of hydrogen-bond acceptors (Lipinski definition) is 8. The number of carbonyl (C=O) groups is 1. The Bertz CT molecular complexity index is 1250. The maximum Gasteiger partial charge on any atom is 0.236 e. The molecule has 33 heavy (non-hydrogen) atoms. The van der Waals surface area contributed by atoms with Crippen molar-refractivity contribution in [1.29, 1.82) is 0 Å². The highest BCUT2D eigenvalue weighted by Gasteiger charge is 2.24. The molecule has 3 heterocycles. The summed E-state index contributed by atoms with van der Waals surface area (Å²) in [6, 6.07) is 9.93. The number of aromatic nitrogens is 5. The van der Waals surface area contributed by atoms with Crippen molar-refractivity contribution in [3.63, 3.8) is 0 Å². The van der Waals surface area contributed by atoms with Gasteiger partial charge in [0.05, 0.1) is 23.1 Å². The molecule has 1 amide bonds. The molecule has 0 spiro atoms. The Kier molecular flexibility index (Phi) is 6.54. The number of thiazole rings is 1. The average Bonchev–Trinajstić information content (AvgIpc) is 3.46. The molecule has 1 aliphatic rings. The molecule has 1 N–H and O–H groups in total. The number of nitrogens with zero attached hydrogens (tertiary/aromatic N) is 5. The van der Waals surface area contributed by atoms with E-state index >= 15 is 0 Å². The molecule has 8 nitrogen and oxygen atoms in total. The van der Waals surface area contributed by atoms with E-state index in [0.29, 0.717) is 11.2 Å². The van der Waals surface area contributed by atoms with Gasteiger partial charge in [-0.3, -0.25) is 14.3 Å². The number of rotatable bonds is 7. The number of fused-ring (bicyclic) bond motifs is 1. The van der Waals surface area contributed by atoms with E-state index in [2.05, 4.69) is 30.0 Å². The van der Waals surface area contributed by atoms with Gasteiger partial charge in [0, 0.05) is 24.0 Å². The lowest BCUT2D eigenvalue weighted by Crippen LogP contribution is -2.17. The molecular weight excluding hydrogens is 456 g/mol. The minimum absolute atomic E-state index is 0.116. The molecule has 170 valence electrons. The van der Waals surface area contributed by atoms with Crippen molar-refractivity contribution in [2.75, 3.05) is 18.2 Å². The van der Waals surface area contributed by atoms with Crippen LogP contribution in [0.5, 0.6) is 5.75 Å².